The van der Waals surface area contributed by atoms with E-state index in [4.69, 9.17) is 0 Å². The van der Waals surface area contributed by atoms with Crippen molar-refractivity contribution in [2.45, 2.75) is 31.2 Å². The average Bonchev–Trinajstić information content (AvgIpc) is 2.36. The molecule has 1 heterocycles. The van der Waals surface area contributed by atoms with Crippen LogP contribution in [0.1, 0.15) is 18.3 Å². The first-order valence-corrected chi connectivity index (χ1v) is 9.27. The van der Waals surface area contributed by atoms with E-state index in [0.29, 0.717) is 5.16 Å². The predicted octanol–water partition coefficient (Wildman–Crippen LogP) is 0.582. The summed E-state index contributed by atoms with van der Waals surface area (Å²) in [6, 6.07) is 1.86. The molecule has 22 heavy (non-hydrogen) atoms. The second-order valence-electron chi connectivity index (χ2n) is 5.08. The maximum Gasteiger partial charge on any atom is 0.233 e. The van der Waals surface area contributed by atoms with Gasteiger partial charge in [0.05, 0.1) is 11.0 Å². The molecule has 9 heteroatoms. The lowest BCUT2D eigenvalue weighted by Crippen LogP contribution is -2.37. The van der Waals surface area contributed by atoms with E-state index in [-0.39, 0.29) is 18.2 Å². The molecular weight excluding hydrogens is 324 g/mol. The Balaban J connectivity index is 2.52. The minimum absolute atomic E-state index is 0.0813. The maximum absolute atomic E-state index is 12.0. The third kappa shape index (κ3) is 5.90. The second kappa shape index (κ2) is 7.89. The number of hydrogen-bond acceptors (Lipinski definition) is 6. The molecular formula is C13H22N4O3S2. The Morgan fingerprint density at radius 1 is 1.32 bits per heavy atom. The topological polar surface area (TPSA) is 92.3 Å². The molecule has 0 aliphatic heterocycles. The lowest BCUT2D eigenvalue weighted by atomic mass is 10.4. The molecule has 0 radical (unpaired) electrons. The van der Waals surface area contributed by atoms with E-state index in [1.807, 2.05) is 19.9 Å². The normalized spacial score (nSPS) is 13.2. The van der Waals surface area contributed by atoms with Crippen molar-refractivity contribution in [1.82, 2.24) is 19.6 Å². The van der Waals surface area contributed by atoms with Gasteiger partial charge in [0.15, 0.2) is 5.16 Å². The molecule has 1 aromatic heterocycles. The number of aromatic nitrogens is 2. The van der Waals surface area contributed by atoms with Crippen molar-refractivity contribution in [2.24, 2.45) is 0 Å². The first kappa shape index (κ1) is 18.9. The van der Waals surface area contributed by atoms with Crippen LogP contribution in [0, 0.1) is 13.8 Å². The molecule has 124 valence electrons. The van der Waals surface area contributed by atoms with E-state index in [2.05, 4.69) is 15.3 Å². The maximum atomic E-state index is 12.0. The highest BCUT2D eigenvalue weighted by atomic mass is 32.2. The molecule has 0 bridgehead atoms. The number of hydrogen-bond donors (Lipinski definition) is 1. The lowest BCUT2D eigenvalue weighted by Gasteiger charge is -2.14. The summed E-state index contributed by atoms with van der Waals surface area (Å²) >= 11 is 1.25. The van der Waals surface area contributed by atoms with Crippen LogP contribution in [0.25, 0.3) is 0 Å². The summed E-state index contributed by atoms with van der Waals surface area (Å²) in [6.07, 6.45) is 0. The smallest absolute Gasteiger partial charge is 0.233 e. The van der Waals surface area contributed by atoms with Crippen LogP contribution in [0.2, 0.25) is 0 Å². The molecule has 1 aromatic rings. The number of nitrogens with one attached hydrogen (secondary N) is 1. The summed E-state index contributed by atoms with van der Waals surface area (Å²) in [5, 5.41) is 2.76. The minimum atomic E-state index is -3.30. The summed E-state index contributed by atoms with van der Waals surface area (Å²) in [7, 11) is -0.372. The zero-order valence-corrected chi connectivity index (χ0v) is 15.1. The molecule has 1 N–H and O–H groups in total. The van der Waals surface area contributed by atoms with Gasteiger partial charge in [-0.25, -0.2) is 22.7 Å². The fourth-order valence-electron chi connectivity index (χ4n) is 1.59. The van der Waals surface area contributed by atoms with Gasteiger partial charge in [0, 0.05) is 32.0 Å². The first-order valence-electron chi connectivity index (χ1n) is 6.78. The van der Waals surface area contributed by atoms with Crippen LogP contribution in [0.15, 0.2) is 11.2 Å². The standard InChI is InChI=1S/C13H22N4O3S2/c1-9-8-10(2)16-13(15-9)21-11(3)12(18)14-6-7-22(19,20)17(4)5/h8,11H,6-7H2,1-5H3,(H,14,18). The van der Waals surface area contributed by atoms with Crippen LogP contribution in [0.4, 0.5) is 0 Å². The molecule has 0 saturated carbocycles. The number of thioether (sulfide) groups is 1. The van der Waals surface area contributed by atoms with E-state index >= 15 is 0 Å². The van der Waals surface area contributed by atoms with Gasteiger partial charge < -0.3 is 5.32 Å². The molecule has 0 saturated heterocycles. The van der Waals surface area contributed by atoms with Crippen LogP contribution in [0.3, 0.4) is 0 Å². The van der Waals surface area contributed by atoms with Crippen molar-refractivity contribution >= 4 is 27.7 Å². The van der Waals surface area contributed by atoms with Crippen molar-refractivity contribution in [1.29, 1.82) is 0 Å². The Hall–Kier alpha value is -1.19. The van der Waals surface area contributed by atoms with Gasteiger partial charge in [-0.05, 0) is 26.8 Å². The van der Waals surface area contributed by atoms with Crippen molar-refractivity contribution in [2.75, 3.05) is 26.4 Å². The zero-order chi connectivity index (χ0) is 16.9. The Morgan fingerprint density at radius 3 is 2.36 bits per heavy atom. The molecule has 1 amide bonds. The summed E-state index contributed by atoms with van der Waals surface area (Å²) in [6.45, 7) is 5.56. The van der Waals surface area contributed by atoms with Gasteiger partial charge in [-0.2, -0.15) is 0 Å². The molecule has 0 aliphatic carbocycles. The average molecular weight is 346 g/mol. The van der Waals surface area contributed by atoms with Crippen LogP contribution in [-0.4, -0.2) is 60.2 Å². The molecule has 0 fully saturated rings. The number of rotatable bonds is 7. The molecule has 1 rings (SSSR count). The van der Waals surface area contributed by atoms with Crippen LogP contribution >= 0.6 is 11.8 Å². The minimum Gasteiger partial charge on any atom is -0.354 e. The summed E-state index contributed by atoms with van der Waals surface area (Å²) in [5.74, 6) is -0.356. The quantitative estimate of drug-likeness (QED) is 0.573. The molecule has 0 aliphatic rings. The Labute approximate surface area is 136 Å². The third-order valence-electron chi connectivity index (χ3n) is 2.83. The van der Waals surface area contributed by atoms with E-state index in [1.165, 1.54) is 25.9 Å². The van der Waals surface area contributed by atoms with Gasteiger partial charge in [0.1, 0.15) is 0 Å². The van der Waals surface area contributed by atoms with Crippen LogP contribution < -0.4 is 5.32 Å². The van der Waals surface area contributed by atoms with Crippen molar-refractivity contribution in [3.05, 3.63) is 17.5 Å². The Bertz CT molecular complexity index is 612. The van der Waals surface area contributed by atoms with Gasteiger partial charge in [0.2, 0.25) is 15.9 Å². The van der Waals surface area contributed by atoms with E-state index in [1.54, 1.807) is 6.92 Å². The van der Waals surface area contributed by atoms with Gasteiger partial charge in [-0.3, -0.25) is 4.79 Å². The Morgan fingerprint density at radius 2 is 1.86 bits per heavy atom. The number of aryl methyl sites for hydroxylation is 2. The van der Waals surface area contributed by atoms with Gasteiger partial charge in [-0.1, -0.05) is 11.8 Å². The fourth-order valence-corrected chi connectivity index (χ4v) is 3.21. The second-order valence-corrected chi connectivity index (χ2v) is 8.69. The van der Waals surface area contributed by atoms with Gasteiger partial charge in [-0.15, -0.1) is 0 Å². The SMILES string of the molecule is Cc1cc(C)nc(SC(C)C(=O)NCCS(=O)(=O)N(C)C)n1. The highest BCUT2D eigenvalue weighted by molar-refractivity contribution is 8.00. The summed E-state index contributed by atoms with van der Waals surface area (Å²) < 4.78 is 24.3. The third-order valence-corrected chi connectivity index (χ3v) is 5.62. The van der Waals surface area contributed by atoms with E-state index in [0.717, 1.165) is 15.7 Å². The molecule has 0 spiro atoms. The van der Waals surface area contributed by atoms with Crippen LogP contribution in [-0.2, 0) is 14.8 Å². The fraction of sp³-hybridized carbons (Fsp3) is 0.615. The monoisotopic (exact) mass is 346 g/mol. The van der Waals surface area contributed by atoms with Gasteiger partial charge in [0.25, 0.3) is 0 Å². The van der Waals surface area contributed by atoms with Crippen molar-refractivity contribution in [3.8, 4) is 0 Å². The lowest BCUT2D eigenvalue weighted by molar-refractivity contribution is -0.120. The summed E-state index contributed by atoms with van der Waals surface area (Å²) in [4.78, 5) is 20.5. The summed E-state index contributed by atoms with van der Waals surface area (Å²) in [5.41, 5.74) is 1.69. The number of amides is 1. The van der Waals surface area contributed by atoms with E-state index < -0.39 is 15.3 Å². The zero-order valence-electron chi connectivity index (χ0n) is 13.5. The predicted molar refractivity (Wildman–Crippen MR) is 87.3 cm³/mol. The molecule has 1 unspecified atom stereocenters. The number of sulfonamides is 1. The highest BCUT2D eigenvalue weighted by Gasteiger charge is 2.18. The van der Waals surface area contributed by atoms with Crippen molar-refractivity contribution < 1.29 is 13.2 Å². The van der Waals surface area contributed by atoms with Gasteiger partial charge >= 0.3 is 0 Å². The first-order chi connectivity index (χ1) is 10.1. The Kier molecular flexibility index (Phi) is 6.76. The van der Waals surface area contributed by atoms with E-state index in [9.17, 15) is 13.2 Å². The van der Waals surface area contributed by atoms with Crippen LogP contribution in [0.5, 0.6) is 0 Å². The molecule has 0 aromatic carbocycles. The number of carbonyl (C=O) groups is 1. The van der Waals surface area contributed by atoms with Crippen molar-refractivity contribution in [3.63, 3.8) is 0 Å². The molecule has 7 nitrogen and oxygen atoms in total. The number of nitrogens with zero attached hydrogens (tertiary/aromatic N) is 3. The molecule has 1 atom stereocenters. The highest BCUT2D eigenvalue weighted by Crippen LogP contribution is 2.19. The number of carbonyl (C=O) groups excluding carboxylic acids is 1. The largest absolute Gasteiger partial charge is 0.354 e.